The van der Waals surface area contributed by atoms with E-state index in [1.54, 1.807) is 25.1 Å². The molecule has 0 spiro atoms. The molecule has 6 rings (SSSR count). The molecule has 5 N–H and O–H groups in total. The first-order valence-electron chi connectivity index (χ1n) is 15.0. The molecule has 10 heteroatoms. The van der Waals surface area contributed by atoms with Gasteiger partial charge in [0.1, 0.15) is 24.4 Å². The highest BCUT2D eigenvalue weighted by Crippen LogP contribution is 2.36. The maximum Gasteiger partial charge on any atom is 0.335 e. The Morgan fingerprint density at radius 3 is 2.47 bits per heavy atom. The summed E-state index contributed by atoms with van der Waals surface area (Å²) >= 11 is 0. The molecule has 0 aliphatic carbocycles. The summed E-state index contributed by atoms with van der Waals surface area (Å²) in [7, 11) is 0. The number of carboxylic acid groups (broad SMARTS) is 1. The van der Waals surface area contributed by atoms with Crippen LogP contribution in [0.2, 0.25) is 0 Å². The Morgan fingerprint density at radius 2 is 1.76 bits per heavy atom. The zero-order chi connectivity index (χ0) is 31.7. The molecule has 230 valence electrons. The molecule has 45 heavy (non-hydrogen) atoms. The summed E-state index contributed by atoms with van der Waals surface area (Å²) in [6, 6.07) is 22.5. The van der Waals surface area contributed by atoms with Crippen molar-refractivity contribution >= 4 is 39.4 Å². The standard InChI is InChI=1S/C35H36N6O4/c1-21(36)40-14-12-26(13-15-40)45-33-18-31-30(17-32(33)44-20-23-6-5-7-24(16-23)35(42)43)39-22(2)41(31)19-25-10-11-29(34(37)38)28-9-4-3-8-27(25)28/h3-11,16-18,26,36H,12-15,19-20H2,1-2H3,(H3,37,38)(H,42,43). The van der Waals surface area contributed by atoms with E-state index >= 15 is 0 Å². The first kappa shape index (κ1) is 29.7. The van der Waals surface area contributed by atoms with Gasteiger partial charge in [0.05, 0.1) is 22.4 Å². The fourth-order valence-electron chi connectivity index (χ4n) is 6.01. The summed E-state index contributed by atoms with van der Waals surface area (Å²) in [6.07, 6.45) is 1.51. The number of amidine groups is 2. The van der Waals surface area contributed by atoms with Gasteiger partial charge in [0.15, 0.2) is 11.5 Å². The first-order chi connectivity index (χ1) is 21.7. The molecule has 1 aromatic heterocycles. The molecule has 5 aromatic rings. The molecule has 0 unspecified atom stereocenters. The van der Waals surface area contributed by atoms with Gasteiger partial charge in [-0.25, -0.2) is 9.78 Å². The number of rotatable bonds is 9. The number of nitrogens with one attached hydrogen (secondary N) is 2. The number of ether oxygens (including phenoxy) is 2. The number of fused-ring (bicyclic) bond motifs is 2. The Bertz CT molecular complexity index is 1940. The molecule has 1 aliphatic heterocycles. The Kier molecular flexibility index (Phi) is 8.12. The second-order valence-electron chi connectivity index (χ2n) is 11.4. The number of imidazole rings is 1. The fourth-order valence-corrected chi connectivity index (χ4v) is 6.01. The van der Waals surface area contributed by atoms with Crippen LogP contribution in [0.3, 0.4) is 0 Å². The number of piperidine rings is 1. The van der Waals surface area contributed by atoms with Gasteiger partial charge in [-0.2, -0.15) is 0 Å². The largest absolute Gasteiger partial charge is 0.486 e. The number of likely N-dealkylation sites (tertiary alicyclic amines) is 1. The summed E-state index contributed by atoms with van der Waals surface area (Å²) in [5.74, 6) is 1.57. The van der Waals surface area contributed by atoms with Crippen LogP contribution in [-0.4, -0.2) is 56.4 Å². The van der Waals surface area contributed by atoms with Crippen LogP contribution < -0.4 is 15.2 Å². The third-order valence-corrected chi connectivity index (χ3v) is 8.42. The number of carbonyl (C=O) groups is 1. The molecule has 1 fully saturated rings. The van der Waals surface area contributed by atoms with Gasteiger partial charge in [0.25, 0.3) is 0 Å². The lowest BCUT2D eigenvalue weighted by Crippen LogP contribution is -2.40. The molecule has 10 nitrogen and oxygen atoms in total. The van der Waals surface area contributed by atoms with E-state index in [0.717, 1.165) is 64.7 Å². The number of nitrogen functional groups attached to an aromatic ring is 1. The number of nitrogens with zero attached hydrogens (tertiary/aromatic N) is 3. The highest BCUT2D eigenvalue weighted by molar-refractivity contribution is 6.08. The monoisotopic (exact) mass is 604 g/mol. The van der Waals surface area contributed by atoms with E-state index in [1.165, 1.54) is 0 Å². The Labute approximate surface area is 261 Å². The summed E-state index contributed by atoms with van der Waals surface area (Å²) in [6.45, 7) is 6.00. The number of benzene rings is 4. The Morgan fingerprint density at radius 1 is 1.00 bits per heavy atom. The predicted octanol–water partition coefficient (Wildman–Crippen LogP) is 5.95. The maximum absolute atomic E-state index is 11.5. The van der Waals surface area contributed by atoms with Crippen molar-refractivity contribution in [3.8, 4) is 11.5 Å². The number of aromatic nitrogens is 2. The Hall–Kier alpha value is -5.38. The molecule has 0 atom stereocenters. The van der Waals surface area contributed by atoms with Crippen LogP contribution in [0, 0.1) is 17.7 Å². The minimum absolute atomic E-state index is 0.0348. The maximum atomic E-state index is 11.5. The number of aromatic carboxylic acids is 1. The third kappa shape index (κ3) is 6.17. The summed E-state index contributed by atoms with van der Waals surface area (Å²) in [4.78, 5) is 18.4. The van der Waals surface area contributed by atoms with Gasteiger partial charge in [-0.1, -0.05) is 48.5 Å². The van der Waals surface area contributed by atoms with Gasteiger partial charge in [0.2, 0.25) is 0 Å². The molecule has 0 bridgehead atoms. The van der Waals surface area contributed by atoms with Gasteiger partial charge in [-0.3, -0.25) is 10.8 Å². The SMILES string of the molecule is CC(=N)N1CCC(Oc2cc3c(cc2OCc2cccc(C(=O)O)c2)nc(C)n3Cc2ccc(C(=N)N)c3ccccc23)CC1. The highest BCUT2D eigenvalue weighted by Gasteiger charge is 2.24. The van der Waals surface area contributed by atoms with E-state index < -0.39 is 5.97 Å². The van der Waals surface area contributed by atoms with Crippen molar-refractivity contribution in [1.29, 1.82) is 10.8 Å². The molecular weight excluding hydrogens is 568 g/mol. The van der Waals surface area contributed by atoms with Crippen LogP contribution in [0.25, 0.3) is 21.8 Å². The molecule has 4 aromatic carbocycles. The lowest BCUT2D eigenvalue weighted by Gasteiger charge is -2.33. The number of carboxylic acids is 1. The minimum Gasteiger partial charge on any atom is -0.486 e. The lowest BCUT2D eigenvalue weighted by molar-refractivity contribution is 0.0696. The van der Waals surface area contributed by atoms with E-state index in [0.29, 0.717) is 29.4 Å². The predicted molar refractivity (Wildman–Crippen MR) is 175 cm³/mol. The van der Waals surface area contributed by atoms with Gasteiger partial charge >= 0.3 is 5.97 Å². The average molecular weight is 605 g/mol. The summed E-state index contributed by atoms with van der Waals surface area (Å²) in [5.41, 5.74) is 10.3. The van der Waals surface area contributed by atoms with Gasteiger partial charge < -0.3 is 29.8 Å². The van der Waals surface area contributed by atoms with Crippen LogP contribution in [0.4, 0.5) is 0 Å². The third-order valence-electron chi connectivity index (χ3n) is 8.42. The van der Waals surface area contributed by atoms with Crippen molar-refractivity contribution in [2.24, 2.45) is 5.73 Å². The Balaban J connectivity index is 1.36. The highest BCUT2D eigenvalue weighted by atomic mass is 16.5. The van der Waals surface area contributed by atoms with Crippen molar-refractivity contribution in [1.82, 2.24) is 14.5 Å². The van der Waals surface area contributed by atoms with Gasteiger partial charge in [-0.05, 0) is 47.9 Å². The van der Waals surface area contributed by atoms with Gasteiger partial charge in [-0.15, -0.1) is 0 Å². The lowest BCUT2D eigenvalue weighted by atomic mass is 9.99. The topological polar surface area (TPSA) is 151 Å². The van der Waals surface area contributed by atoms with E-state index in [-0.39, 0.29) is 24.1 Å². The summed E-state index contributed by atoms with van der Waals surface area (Å²) < 4.78 is 15.0. The molecule has 1 aliphatic rings. The first-order valence-corrected chi connectivity index (χ1v) is 15.0. The van der Waals surface area contributed by atoms with Crippen LogP contribution >= 0.6 is 0 Å². The number of nitrogens with two attached hydrogens (primary N) is 1. The zero-order valence-electron chi connectivity index (χ0n) is 25.3. The van der Waals surface area contributed by atoms with E-state index in [9.17, 15) is 9.90 Å². The second-order valence-corrected chi connectivity index (χ2v) is 11.4. The van der Waals surface area contributed by atoms with Crippen LogP contribution in [-0.2, 0) is 13.2 Å². The van der Waals surface area contributed by atoms with Crippen LogP contribution in [0.5, 0.6) is 11.5 Å². The van der Waals surface area contributed by atoms with E-state index in [1.807, 2.05) is 61.5 Å². The quantitative estimate of drug-likeness (QED) is 0.120. The average Bonchev–Trinajstić information content (AvgIpc) is 3.33. The number of hydrogen-bond acceptors (Lipinski definition) is 6. The van der Waals surface area contributed by atoms with Crippen LogP contribution in [0.15, 0.2) is 72.8 Å². The number of hydrogen-bond donors (Lipinski definition) is 4. The fraction of sp³-hybridized carbons (Fsp3) is 0.257. The second kappa shape index (κ2) is 12.3. The van der Waals surface area contributed by atoms with E-state index in [4.69, 9.17) is 31.0 Å². The van der Waals surface area contributed by atoms with Crippen molar-refractivity contribution < 1.29 is 19.4 Å². The number of aryl methyl sites for hydroxylation is 1. The molecule has 0 saturated carbocycles. The van der Waals surface area contributed by atoms with Crippen molar-refractivity contribution in [2.75, 3.05) is 13.1 Å². The van der Waals surface area contributed by atoms with Gasteiger partial charge in [0, 0.05) is 50.2 Å². The molecule has 0 radical (unpaired) electrons. The normalized spacial score (nSPS) is 13.7. The van der Waals surface area contributed by atoms with Crippen LogP contribution in [0.1, 0.15) is 52.6 Å². The van der Waals surface area contributed by atoms with Crippen molar-refractivity contribution in [3.05, 3.63) is 101 Å². The van der Waals surface area contributed by atoms with Crippen molar-refractivity contribution in [3.63, 3.8) is 0 Å². The zero-order valence-corrected chi connectivity index (χ0v) is 25.3. The minimum atomic E-state index is -0.987. The summed E-state index contributed by atoms with van der Waals surface area (Å²) in [5, 5.41) is 27.4. The molecule has 0 amide bonds. The molecular formula is C35H36N6O4. The van der Waals surface area contributed by atoms with Crippen molar-refractivity contribution in [2.45, 2.75) is 45.9 Å². The van der Waals surface area contributed by atoms with E-state index in [2.05, 4.69) is 9.47 Å². The molecule has 2 heterocycles. The smallest absolute Gasteiger partial charge is 0.335 e. The molecule has 1 saturated heterocycles.